The lowest BCUT2D eigenvalue weighted by Gasteiger charge is -2.15. The summed E-state index contributed by atoms with van der Waals surface area (Å²) in [7, 11) is 0. The Morgan fingerprint density at radius 2 is 2.15 bits per heavy atom. The molecule has 7 heteroatoms. The molecule has 2 heterocycles. The molecule has 1 unspecified atom stereocenters. The summed E-state index contributed by atoms with van der Waals surface area (Å²) in [6, 6.07) is 6.84. The Kier molecular flexibility index (Phi) is 3.14. The van der Waals surface area contributed by atoms with E-state index >= 15 is 0 Å². The largest absolute Gasteiger partial charge is 0.464 e. The van der Waals surface area contributed by atoms with Crippen LogP contribution in [0, 0.1) is 0 Å². The fraction of sp³-hybridized carbons (Fsp3) is 0.154. The fourth-order valence-electron chi connectivity index (χ4n) is 2.05. The topological polar surface area (TPSA) is 80.0 Å². The molecule has 0 spiro atoms. The molecule has 0 radical (unpaired) electrons. The van der Waals surface area contributed by atoms with Gasteiger partial charge in [-0.05, 0) is 12.1 Å². The molecule has 1 aromatic carbocycles. The molecule has 1 aliphatic heterocycles. The lowest BCUT2D eigenvalue weighted by Crippen LogP contribution is -2.25. The number of amides is 1. The molecule has 0 N–H and O–H groups in total. The van der Waals surface area contributed by atoms with Gasteiger partial charge in [0.15, 0.2) is 5.43 Å². The lowest BCUT2D eigenvalue weighted by molar-refractivity contribution is -0.128. The van der Waals surface area contributed by atoms with Crippen LogP contribution in [-0.2, 0) is 9.59 Å². The van der Waals surface area contributed by atoms with E-state index in [0.717, 1.165) is 5.01 Å². The van der Waals surface area contributed by atoms with Gasteiger partial charge in [0.1, 0.15) is 17.2 Å². The van der Waals surface area contributed by atoms with Gasteiger partial charge in [0.2, 0.25) is 0 Å². The van der Waals surface area contributed by atoms with Gasteiger partial charge in [-0.2, -0.15) is 0 Å². The number of carbonyl (C=O) groups excluding carboxylic acids is 2. The average molecular weight is 288 g/mol. The first-order chi connectivity index (χ1) is 9.72. The fourth-order valence-corrected chi connectivity index (χ4v) is 3.14. The number of para-hydroxylation sites is 1. The molecule has 1 saturated heterocycles. The number of hydrogen-bond acceptors (Lipinski definition) is 6. The number of benzene rings is 1. The predicted molar refractivity (Wildman–Crippen MR) is 72.7 cm³/mol. The molecule has 20 heavy (non-hydrogen) atoms. The highest BCUT2D eigenvalue weighted by Gasteiger charge is 2.35. The summed E-state index contributed by atoms with van der Waals surface area (Å²) in [5, 5.41) is 4.11. The molecule has 1 amide bonds. The third-order valence-corrected chi connectivity index (χ3v) is 4.15. The van der Waals surface area contributed by atoms with Gasteiger partial charge in [-0.3, -0.25) is 9.59 Å². The highest BCUT2D eigenvalue weighted by Crippen LogP contribution is 2.37. The quantitative estimate of drug-likeness (QED) is 0.619. The van der Waals surface area contributed by atoms with Crippen LogP contribution in [0.4, 0.5) is 0 Å². The third kappa shape index (κ3) is 1.93. The van der Waals surface area contributed by atoms with Crippen molar-refractivity contribution in [2.75, 3.05) is 5.75 Å². The maximum atomic E-state index is 12.4. The molecule has 6 nitrogen and oxygen atoms in total. The third-order valence-electron chi connectivity index (χ3n) is 2.96. The molecular formula is C13H8N2O4S. The summed E-state index contributed by atoms with van der Waals surface area (Å²) >= 11 is 1.22. The van der Waals surface area contributed by atoms with Crippen LogP contribution in [0.3, 0.4) is 0 Å². The van der Waals surface area contributed by atoms with Crippen molar-refractivity contribution in [2.24, 2.45) is 5.10 Å². The first-order valence-electron chi connectivity index (χ1n) is 5.74. The number of hydrazone groups is 1. The van der Waals surface area contributed by atoms with Crippen molar-refractivity contribution in [3.8, 4) is 0 Å². The monoisotopic (exact) mass is 288 g/mol. The van der Waals surface area contributed by atoms with Crippen molar-refractivity contribution in [3.63, 3.8) is 0 Å². The van der Waals surface area contributed by atoms with Crippen LogP contribution in [0.25, 0.3) is 11.0 Å². The molecule has 0 aliphatic carbocycles. The van der Waals surface area contributed by atoms with Crippen LogP contribution in [0.15, 0.2) is 44.8 Å². The van der Waals surface area contributed by atoms with E-state index in [9.17, 15) is 14.4 Å². The highest BCUT2D eigenvalue weighted by atomic mass is 32.2. The number of fused-ring (bicyclic) bond motifs is 1. The molecule has 1 aromatic heterocycles. The van der Waals surface area contributed by atoms with Gasteiger partial charge >= 0.3 is 0 Å². The van der Waals surface area contributed by atoms with Crippen LogP contribution in [-0.4, -0.2) is 22.7 Å². The second kappa shape index (κ2) is 4.96. The van der Waals surface area contributed by atoms with E-state index in [2.05, 4.69) is 5.10 Å². The van der Waals surface area contributed by atoms with E-state index in [-0.39, 0.29) is 17.1 Å². The zero-order valence-electron chi connectivity index (χ0n) is 10.1. The van der Waals surface area contributed by atoms with E-state index in [1.807, 2.05) is 0 Å². The summed E-state index contributed by atoms with van der Waals surface area (Å²) in [6.45, 7) is 0. The molecule has 0 bridgehead atoms. The van der Waals surface area contributed by atoms with E-state index in [1.54, 1.807) is 24.3 Å². The maximum Gasteiger partial charge on any atom is 0.258 e. The smallest absolute Gasteiger partial charge is 0.258 e. The molecule has 1 fully saturated rings. The first kappa shape index (κ1) is 12.7. The van der Waals surface area contributed by atoms with E-state index < -0.39 is 5.37 Å². The van der Waals surface area contributed by atoms with Gasteiger partial charge in [0, 0.05) is 0 Å². The van der Waals surface area contributed by atoms with Crippen molar-refractivity contribution in [3.05, 3.63) is 46.3 Å². The SMILES string of the molecule is O=C=NN1C(=O)CSC1c1coc2ccccc2c1=O. The number of isocyanates is 1. The molecule has 1 aliphatic rings. The molecule has 0 saturated carbocycles. The Morgan fingerprint density at radius 1 is 1.35 bits per heavy atom. The summed E-state index contributed by atoms with van der Waals surface area (Å²) < 4.78 is 5.41. The Bertz CT molecular complexity index is 794. The highest BCUT2D eigenvalue weighted by molar-refractivity contribution is 8.00. The van der Waals surface area contributed by atoms with Gasteiger partial charge in [-0.25, -0.2) is 9.80 Å². The summed E-state index contributed by atoms with van der Waals surface area (Å²) in [5.41, 5.74) is 0.532. The van der Waals surface area contributed by atoms with E-state index in [0.29, 0.717) is 16.5 Å². The molecule has 100 valence electrons. The lowest BCUT2D eigenvalue weighted by atomic mass is 10.1. The van der Waals surface area contributed by atoms with Gasteiger partial charge in [-0.1, -0.05) is 17.2 Å². The zero-order chi connectivity index (χ0) is 14.1. The first-order valence-corrected chi connectivity index (χ1v) is 6.79. The second-order valence-electron chi connectivity index (χ2n) is 4.11. The van der Waals surface area contributed by atoms with Crippen LogP contribution >= 0.6 is 11.8 Å². The van der Waals surface area contributed by atoms with Gasteiger partial charge < -0.3 is 4.42 Å². The number of carbonyl (C=O) groups is 1. The Labute approximate surface area is 117 Å². The minimum atomic E-state index is -0.648. The average Bonchev–Trinajstić information content (AvgIpc) is 2.82. The second-order valence-corrected chi connectivity index (χ2v) is 5.18. The van der Waals surface area contributed by atoms with Crippen LogP contribution in [0.2, 0.25) is 0 Å². The number of rotatable bonds is 2. The van der Waals surface area contributed by atoms with E-state index in [4.69, 9.17) is 4.42 Å². The molecule has 2 aromatic rings. The Morgan fingerprint density at radius 3 is 2.95 bits per heavy atom. The van der Waals surface area contributed by atoms with Gasteiger partial charge in [0.05, 0.1) is 16.7 Å². The number of thioether (sulfide) groups is 1. The maximum absolute atomic E-state index is 12.4. The summed E-state index contributed by atoms with van der Waals surface area (Å²) in [5.74, 6) is -0.182. The minimum absolute atomic E-state index is 0.155. The van der Waals surface area contributed by atoms with Crippen molar-refractivity contribution in [2.45, 2.75) is 5.37 Å². The van der Waals surface area contributed by atoms with Crippen LogP contribution < -0.4 is 5.43 Å². The number of nitrogens with zero attached hydrogens (tertiary/aromatic N) is 2. The number of hydrogen-bond donors (Lipinski definition) is 0. The summed E-state index contributed by atoms with van der Waals surface area (Å²) in [6.07, 6.45) is 2.64. The van der Waals surface area contributed by atoms with Crippen molar-refractivity contribution in [1.82, 2.24) is 5.01 Å². The standard InChI is InChI=1S/C13H8N2O4S/c16-7-14-15-11(17)6-20-13(15)9-5-19-10-4-2-1-3-8(10)12(9)18/h1-5,13H,6H2. The minimum Gasteiger partial charge on any atom is -0.464 e. The predicted octanol–water partition coefficient (Wildman–Crippen LogP) is 1.62. The van der Waals surface area contributed by atoms with Crippen LogP contribution in [0.5, 0.6) is 0 Å². The Balaban J connectivity index is 2.15. The molecule has 1 atom stereocenters. The summed E-state index contributed by atoms with van der Waals surface area (Å²) in [4.78, 5) is 34.4. The van der Waals surface area contributed by atoms with E-state index in [1.165, 1.54) is 24.1 Å². The zero-order valence-corrected chi connectivity index (χ0v) is 10.9. The van der Waals surface area contributed by atoms with Crippen molar-refractivity contribution >= 4 is 34.7 Å². The van der Waals surface area contributed by atoms with Crippen molar-refractivity contribution < 1.29 is 14.0 Å². The normalized spacial score (nSPS) is 18.3. The van der Waals surface area contributed by atoms with Crippen molar-refractivity contribution in [1.29, 1.82) is 0 Å². The molecule has 3 rings (SSSR count). The van der Waals surface area contributed by atoms with Crippen LogP contribution in [0.1, 0.15) is 10.9 Å². The van der Waals surface area contributed by atoms with Gasteiger partial charge in [-0.15, -0.1) is 11.8 Å². The molecular weight excluding hydrogens is 280 g/mol. The van der Waals surface area contributed by atoms with Gasteiger partial charge in [0.25, 0.3) is 12.0 Å². The Hall–Kier alpha value is -2.37.